The predicted molar refractivity (Wildman–Crippen MR) is 132 cm³/mol. The van der Waals surface area contributed by atoms with Crippen LogP contribution in [-0.4, -0.2) is 9.55 Å². The number of allylic oxidation sites excluding steroid dienone is 3. The number of pyridine rings is 1. The van der Waals surface area contributed by atoms with Crippen molar-refractivity contribution in [3.63, 3.8) is 0 Å². The van der Waals surface area contributed by atoms with Gasteiger partial charge in [-0.25, -0.2) is 0 Å². The summed E-state index contributed by atoms with van der Waals surface area (Å²) in [6, 6.07) is 19.8. The van der Waals surface area contributed by atoms with Gasteiger partial charge in [0.15, 0.2) is 0 Å². The van der Waals surface area contributed by atoms with Gasteiger partial charge in [0.05, 0.1) is 16.9 Å². The van der Waals surface area contributed by atoms with Crippen LogP contribution >= 0.6 is 11.3 Å². The molecule has 3 aromatic heterocycles. The van der Waals surface area contributed by atoms with Gasteiger partial charge in [0.2, 0.25) is 0 Å². The van der Waals surface area contributed by atoms with Crippen LogP contribution in [0.15, 0.2) is 72.9 Å². The molecule has 3 heteroatoms. The molecule has 2 aliphatic carbocycles. The maximum Gasteiger partial charge on any atom is 0.100 e. The first kappa shape index (κ1) is 18.8. The SMILES string of the molecule is CC1CCC(c2ccc(-n3c4c(c5ccccc53)CCC=C4)s2)C=C1c1ccccn1. The Morgan fingerprint density at radius 3 is 2.81 bits per heavy atom. The van der Waals surface area contributed by atoms with Crippen molar-refractivity contribution in [1.82, 2.24) is 9.55 Å². The number of hydrogen-bond donors (Lipinski definition) is 0. The van der Waals surface area contributed by atoms with Gasteiger partial charge in [-0.15, -0.1) is 11.3 Å². The number of aromatic nitrogens is 2. The van der Waals surface area contributed by atoms with E-state index in [1.54, 1.807) is 0 Å². The van der Waals surface area contributed by atoms with Gasteiger partial charge in [0.1, 0.15) is 5.00 Å². The summed E-state index contributed by atoms with van der Waals surface area (Å²) in [6.07, 6.45) is 13.7. The van der Waals surface area contributed by atoms with E-state index in [9.17, 15) is 0 Å². The number of para-hydroxylation sites is 1. The lowest BCUT2D eigenvalue weighted by Crippen LogP contribution is -2.10. The standard InChI is InChI=1S/C28H26N2S/c1-19-13-14-20(18-23(19)24-10-6-7-17-29-24)27-15-16-28(31-27)30-25-11-4-2-8-21(25)22-9-3-5-12-26(22)30/h2,4-8,10-12,15-20H,3,9,13-14H2,1H3. The van der Waals surface area contributed by atoms with Crippen LogP contribution in [0, 0.1) is 5.92 Å². The highest BCUT2D eigenvalue weighted by molar-refractivity contribution is 7.14. The summed E-state index contributed by atoms with van der Waals surface area (Å²) in [5, 5.41) is 2.73. The van der Waals surface area contributed by atoms with Crippen molar-refractivity contribution in [1.29, 1.82) is 0 Å². The van der Waals surface area contributed by atoms with E-state index in [1.165, 1.54) is 50.5 Å². The fourth-order valence-electron chi connectivity index (χ4n) is 5.23. The van der Waals surface area contributed by atoms with Crippen LogP contribution in [-0.2, 0) is 6.42 Å². The Morgan fingerprint density at radius 1 is 1.00 bits per heavy atom. The second-order valence-corrected chi connectivity index (χ2v) is 9.85. The van der Waals surface area contributed by atoms with E-state index in [1.807, 2.05) is 23.6 Å². The molecule has 0 bridgehead atoms. The van der Waals surface area contributed by atoms with Gasteiger partial charge in [-0.3, -0.25) is 4.98 Å². The molecule has 6 rings (SSSR count). The minimum Gasteiger partial charge on any atom is -0.301 e. The highest BCUT2D eigenvalue weighted by atomic mass is 32.1. The molecule has 0 aliphatic heterocycles. The second kappa shape index (κ2) is 7.65. The van der Waals surface area contributed by atoms with Crippen LogP contribution < -0.4 is 0 Å². The number of hydrogen-bond acceptors (Lipinski definition) is 2. The van der Waals surface area contributed by atoms with Crippen molar-refractivity contribution in [2.24, 2.45) is 5.92 Å². The summed E-state index contributed by atoms with van der Waals surface area (Å²) in [4.78, 5) is 6.09. The normalized spacial score (nSPS) is 20.6. The highest BCUT2D eigenvalue weighted by Gasteiger charge is 2.25. The zero-order valence-electron chi connectivity index (χ0n) is 17.8. The largest absolute Gasteiger partial charge is 0.301 e. The van der Waals surface area contributed by atoms with Gasteiger partial charge < -0.3 is 4.57 Å². The Hall–Kier alpha value is -2.91. The first-order chi connectivity index (χ1) is 15.3. The van der Waals surface area contributed by atoms with E-state index in [-0.39, 0.29) is 0 Å². The van der Waals surface area contributed by atoms with Gasteiger partial charge in [-0.2, -0.15) is 0 Å². The molecule has 1 aromatic carbocycles. The third kappa shape index (κ3) is 3.19. The monoisotopic (exact) mass is 422 g/mol. The summed E-state index contributed by atoms with van der Waals surface area (Å²) in [5.41, 5.74) is 6.72. The van der Waals surface area contributed by atoms with Crippen LogP contribution in [0.2, 0.25) is 0 Å². The van der Waals surface area contributed by atoms with Crippen molar-refractivity contribution < 1.29 is 0 Å². The molecule has 0 saturated heterocycles. The minimum atomic E-state index is 0.472. The minimum absolute atomic E-state index is 0.472. The van der Waals surface area contributed by atoms with Gasteiger partial charge in [0, 0.05) is 22.4 Å². The summed E-state index contributed by atoms with van der Waals surface area (Å²) < 4.78 is 2.48. The Balaban J connectivity index is 1.42. The Bertz CT molecular complexity index is 1310. The first-order valence-electron chi connectivity index (χ1n) is 11.3. The lowest BCUT2D eigenvalue weighted by atomic mass is 9.81. The topological polar surface area (TPSA) is 17.8 Å². The molecule has 31 heavy (non-hydrogen) atoms. The zero-order valence-corrected chi connectivity index (χ0v) is 18.6. The molecule has 154 valence electrons. The summed E-state index contributed by atoms with van der Waals surface area (Å²) in [6.45, 7) is 2.33. The molecule has 3 heterocycles. The average Bonchev–Trinajstić information content (AvgIpc) is 3.43. The number of benzene rings is 1. The molecule has 0 radical (unpaired) electrons. The van der Waals surface area contributed by atoms with Crippen molar-refractivity contribution in [3.8, 4) is 5.00 Å². The van der Waals surface area contributed by atoms with E-state index in [2.05, 4.69) is 83.2 Å². The number of rotatable bonds is 3. The van der Waals surface area contributed by atoms with E-state index in [4.69, 9.17) is 0 Å². The van der Waals surface area contributed by atoms with Crippen LogP contribution in [0.4, 0.5) is 0 Å². The predicted octanol–water partition coefficient (Wildman–Crippen LogP) is 7.64. The molecular weight excluding hydrogens is 396 g/mol. The molecule has 2 atom stereocenters. The molecule has 0 amide bonds. The lowest BCUT2D eigenvalue weighted by Gasteiger charge is -2.25. The van der Waals surface area contributed by atoms with Gasteiger partial charge in [0.25, 0.3) is 0 Å². The molecule has 0 N–H and O–H groups in total. The Labute approximate surface area is 187 Å². The van der Waals surface area contributed by atoms with E-state index in [0.29, 0.717) is 11.8 Å². The third-order valence-electron chi connectivity index (χ3n) is 6.84. The highest BCUT2D eigenvalue weighted by Crippen LogP contribution is 2.42. The first-order valence-corrected chi connectivity index (χ1v) is 12.1. The molecule has 2 unspecified atom stereocenters. The number of thiophene rings is 1. The van der Waals surface area contributed by atoms with Crippen LogP contribution in [0.25, 0.3) is 27.6 Å². The van der Waals surface area contributed by atoms with E-state index >= 15 is 0 Å². The van der Waals surface area contributed by atoms with Crippen molar-refractivity contribution in [3.05, 3.63) is 94.8 Å². The number of fused-ring (bicyclic) bond motifs is 3. The van der Waals surface area contributed by atoms with Crippen LogP contribution in [0.1, 0.15) is 53.9 Å². The Morgan fingerprint density at radius 2 is 1.90 bits per heavy atom. The third-order valence-corrected chi connectivity index (χ3v) is 8.04. The maximum atomic E-state index is 4.63. The fourth-order valence-corrected chi connectivity index (χ4v) is 6.37. The number of nitrogens with zero attached hydrogens (tertiary/aromatic N) is 2. The molecule has 0 fully saturated rings. The van der Waals surface area contributed by atoms with Crippen molar-refractivity contribution in [2.75, 3.05) is 0 Å². The fraction of sp³-hybridized carbons (Fsp3) is 0.250. The molecule has 0 spiro atoms. The van der Waals surface area contributed by atoms with Crippen LogP contribution in [0.5, 0.6) is 0 Å². The Kier molecular flexibility index (Phi) is 4.65. The molecule has 0 saturated carbocycles. The zero-order chi connectivity index (χ0) is 20.8. The summed E-state index contributed by atoms with van der Waals surface area (Å²) in [5.74, 6) is 1.04. The quantitative estimate of drug-likeness (QED) is 0.332. The van der Waals surface area contributed by atoms with Crippen molar-refractivity contribution >= 4 is 33.9 Å². The average molecular weight is 423 g/mol. The molecule has 2 aliphatic rings. The molecular formula is C28H26N2S. The second-order valence-electron chi connectivity index (χ2n) is 8.76. The summed E-state index contributed by atoms with van der Waals surface area (Å²) >= 11 is 1.95. The van der Waals surface area contributed by atoms with Gasteiger partial charge >= 0.3 is 0 Å². The van der Waals surface area contributed by atoms with Crippen molar-refractivity contribution in [2.45, 2.75) is 38.5 Å². The van der Waals surface area contributed by atoms with E-state index < -0.39 is 0 Å². The molecule has 2 nitrogen and oxygen atoms in total. The molecule has 4 aromatic rings. The lowest BCUT2D eigenvalue weighted by molar-refractivity contribution is 0.563. The smallest absolute Gasteiger partial charge is 0.100 e. The van der Waals surface area contributed by atoms with E-state index in [0.717, 1.165) is 18.5 Å². The summed E-state index contributed by atoms with van der Waals surface area (Å²) in [7, 11) is 0. The number of aryl methyl sites for hydroxylation is 1. The maximum absolute atomic E-state index is 4.63. The van der Waals surface area contributed by atoms with Gasteiger partial charge in [-0.1, -0.05) is 43.3 Å². The van der Waals surface area contributed by atoms with Gasteiger partial charge in [-0.05, 0) is 79.1 Å². The van der Waals surface area contributed by atoms with Crippen LogP contribution in [0.3, 0.4) is 0 Å².